The van der Waals surface area contributed by atoms with Crippen molar-refractivity contribution in [3.8, 4) is 6.07 Å². The van der Waals surface area contributed by atoms with Crippen LogP contribution in [-0.2, 0) is 0 Å². The molecular formula is C11H9F2N. The van der Waals surface area contributed by atoms with E-state index in [1.165, 1.54) is 6.07 Å². The Morgan fingerprint density at radius 3 is 2.79 bits per heavy atom. The van der Waals surface area contributed by atoms with Crippen LogP contribution in [0.1, 0.15) is 24.8 Å². The van der Waals surface area contributed by atoms with E-state index < -0.39 is 17.0 Å². The minimum absolute atomic E-state index is 0.150. The van der Waals surface area contributed by atoms with E-state index in [-0.39, 0.29) is 5.92 Å². The molecule has 2 atom stereocenters. The Hall–Kier alpha value is -1.43. The van der Waals surface area contributed by atoms with Crippen LogP contribution in [0.3, 0.4) is 0 Å². The molecule has 0 N–H and O–H groups in total. The first-order valence-corrected chi connectivity index (χ1v) is 4.43. The van der Waals surface area contributed by atoms with E-state index in [1.54, 1.807) is 6.92 Å². The summed E-state index contributed by atoms with van der Waals surface area (Å²) < 4.78 is 26.1. The summed E-state index contributed by atoms with van der Waals surface area (Å²) in [7, 11) is 0. The SMILES string of the molecule is CC1(C#N)CC1c1cc(F)ccc1F. The van der Waals surface area contributed by atoms with Crippen molar-refractivity contribution in [3.05, 3.63) is 35.4 Å². The fraction of sp³-hybridized carbons (Fsp3) is 0.364. The van der Waals surface area contributed by atoms with Gasteiger partial charge < -0.3 is 0 Å². The molecule has 1 nitrogen and oxygen atoms in total. The van der Waals surface area contributed by atoms with Crippen LogP contribution in [0.5, 0.6) is 0 Å². The molecule has 1 aliphatic rings. The molecule has 0 aliphatic heterocycles. The van der Waals surface area contributed by atoms with E-state index in [1.807, 2.05) is 0 Å². The molecule has 1 fully saturated rings. The zero-order chi connectivity index (χ0) is 10.3. The molecule has 1 saturated carbocycles. The van der Waals surface area contributed by atoms with Gasteiger partial charge in [-0.1, -0.05) is 0 Å². The van der Waals surface area contributed by atoms with Crippen molar-refractivity contribution >= 4 is 0 Å². The van der Waals surface area contributed by atoms with Crippen LogP contribution in [-0.4, -0.2) is 0 Å². The fourth-order valence-corrected chi connectivity index (χ4v) is 1.72. The lowest BCUT2D eigenvalue weighted by Gasteiger charge is -2.03. The quantitative estimate of drug-likeness (QED) is 0.672. The van der Waals surface area contributed by atoms with Gasteiger partial charge in [0.2, 0.25) is 0 Å². The summed E-state index contributed by atoms with van der Waals surface area (Å²) in [5, 5.41) is 8.79. The molecule has 1 aromatic rings. The molecule has 0 aromatic heterocycles. The number of nitrogens with zero attached hydrogens (tertiary/aromatic N) is 1. The number of hydrogen-bond acceptors (Lipinski definition) is 1. The van der Waals surface area contributed by atoms with Gasteiger partial charge in [0, 0.05) is 5.92 Å². The van der Waals surface area contributed by atoms with Crippen molar-refractivity contribution in [2.45, 2.75) is 19.3 Å². The van der Waals surface area contributed by atoms with Crippen LogP contribution in [0, 0.1) is 28.4 Å². The normalized spacial score (nSPS) is 29.7. The average Bonchev–Trinajstić information content (AvgIpc) is 2.83. The van der Waals surface area contributed by atoms with Gasteiger partial charge in [0.25, 0.3) is 0 Å². The van der Waals surface area contributed by atoms with Gasteiger partial charge in [0.1, 0.15) is 11.6 Å². The molecule has 0 spiro atoms. The highest BCUT2D eigenvalue weighted by Gasteiger charge is 2.52. The van der Waals surface area contributed by atoms with Crippen molar-refractivity contribution in [1.29, 1.82) is 5.26 Å². The minimum Gasteiger partial charge on any atom is -0.207 e. The third-order valence-corrected chi connectivity index (χ3v) is 2.83. The van der Waals surface area contributed by atoms with E-state index in [2.05, 4.69) is 6.07 Å². The van der Waals surface area contributed by atoms with Crippen molar-refractivity contribution < 1.29 is 8.78 Å². The Bertz CT molecular complexity index is 422. The van der Waals surface area contributed by atoms with Crippen molar-refractivity contribution in [1.82, 2.24) is 0 Å². The van der Waals surface area contributed by atoms with Gasteiger partial charge in [-0.25, -0.2) is 8.78 Å². The predicted molar refractivity (Wildman–Crippen MR) is 47.4 cm³/mol. The monoisotopic (exact) mass is 193 g/mol. The second-order valence-electron chi connectivity index (χ2n) is 3.95. The van der Waals surface area contributed by atoms with E-state index in [0.29, 0.717) is 12.0 Å². The number of halogens is 2. The van der Waals surface area contributed by atoms with E-state index in [9.17, 15) is 8.78 Å². The summed E-state index contributed by atoms with van der Waals surface area (Å²) in [5.74, 6) is -1.02. The van der Waals surface area contributed by atoms with Crippen LogP contribution in [0.2, 0.25) is 0 Å². The highest BCUT2D eigenvalue weighted by molar-refractivity contribution is 5.35. The summed E-state index contributed by atoms with van der Waals surface area (Å²) in [6.07, 6.45) is 0.615. The molecular weight excluding hydrogens is 184 g/mol. The summed E-state index contributed by atoms with van der Waals surface area (Å²) in [4.78, 5) is 0. The lowest BCUT2D eigenvalue weighted by Crippen LogP contribution is -1.96. The fourth-order valence-electron chi connectivity index (χ4n) is 1.72. The van der Waals surface area contributed by atoms with Gasteiger partial charge in [0.15, 0.2) is 0 Å². The summed E-state index contributed by atoms with van der Waals surface area (Å²) in [5.41, 5.74) is -0.177. The molecule has 0 amide bonds. The van der Waals surface area contributed by atoms with Crippen LogP contribution in [0.4, 0.5) is 8.78 Å². The molecule has 2 rings (SSSR count). The first kappa shape index (κ1) is 9.14. The van der Waals surface area contributed by atoms with Gasteiger partial charge in [-0.2, -0.15) is 5.26 Å². The predicted octanol–water partition coefficient (Wildman–Crippen LogP) is 2.98. The Balaban J connectivity index is 2.36. The second kappa shape index (κ2) is 2.78. The summed E-state index contributed by atoms with van der Waals surface area (Å²) >= 11 is 0. The lowest BCUT2D eigenvalue weighted by atomic mass is 10.0. The Labute approximate surface area is 81.0 Å². The van der Waals surface area contributed by atoms with E-state index >= 15 is 0 Å². The number of rotatable bonds is 1. The average molecular weight is 193 g/mol. The number of nitriles is 1. The number of benzene rings is 1. The lowest BCUT2D eigenvalue weighted by molar-refractivity contribution is 0.577. The molecule has 0 radical (unpaired) electrons. The van der Waals surface area contributed by atoms with Crippen molar-refractivity contribution in [3.63, 3.8) is 0 Å². The van der Waals surface area contributed by atoms with Gasteiger partial charge in [-0.05, 0) is 37.1 Å². The van der Waals surface area contributed by atoms with E-state index in [0.717, 1.165) is 12.1 Å². The molecule has 72 valence electrons. The van der Waals surface area contributed by atoms with E-state index in [4.69, 9.17) is 5.26 Å². The molecule has 14 heavy (non-hydrogen) atoms. The van der Waals surface area contributed by atoms with Crippen molar-refractivity contribution in [2.24, 2.45) is 5.41 Å². The molecule has 0 bridgehead atoms. The van der Waals surface area contributed by atoms with Crippen molar-refractivity contribution in [2.75, 3.05) is 0 Å². The van der Waals surface area contributed by atoms with Gasteiger partial charge in [-0.3, -0.25) is 0 Å². The Morgan fingerprint density at radius 1 is 1.50 bits per heavy atom. The highest BCUT2D eigenvalue weighted by Crippen LogP contribution is 2.58. The molecule has 0 saturated heterocycles. The maximum atomic E-state index is 13.3. The largest absolute Gasteiger partial charge is 0.207 e. The number of hydrogen-bond donors (Lipinski definition) is 0. The molecule has 1 aromatic carbocycles. The Kier molecular flexibility index (Phi) is 1.81. The minimum atomic E-state index is -0.505. The molecule has 3 heteroatoms. The van der Waals surface area contributed by atoms with Crippen LogP contribution in [0.15, 0.2) is 18.2 Å². The van der Waals surface area contributed by atoms with Crippen LogP contribution < -0.4 is 0 Å². The molecule has 1 aliphatic carbocycles. The van der Waals surface area contributed by atoms with Crippen LogP contribution in [0.25, 0.3) is 0 Å². The third-order valence-electron chi connectivity index (χ3n) is 2.83. The summed E-state index contributed by atoms with van der Waals surface area (Å²) in [6.45, 7) is 1.77. The maximum absolute atomic E-state index is 13.3. The maximum Gasteiger partial charge on any atom is 0.126 e. The topological polar surface area (TPSA) is 23.8 Å². The summed E-state index contributed by atoms with van der Waals surface area (Å²) in [6, 6.07) is 5.50. The highest BCUT2D eigenvalue weighted by atomic mass is 19.1. The smallest absolute Gasteiger partial charge is 0.126 e. The second-order valence-corrected chi connectivity index (χ2v) is 3.95. The molecule has 0 heterocycles. The van der Waals surface area contributed by atoms with Crippen LogP contribution >= 0.6 is 0 Å². The zero-order valence-corrected chi connectivity index (χ0v) is 7.72. The first-order valence-electron chi connectivity index (χ1n) is 4.43. The third kappa shape index (κ3) is 1.27. The molecule has 2 unspecified atom stereocenters. The van der Waals surface area contributed by atoms with Gasteiger partial charge >= 0.3 is 0 Å². The van der Waals surface area contributed by atoms with Gasteiger partial charge in [0.05, 0.1) is 11.5 Å². The Morgan fingerprint density at radius 2 is 2.21 bits per heavy atom. The zero-order valence-electron chi connectivity index (χ0n) is 7.72. The van der Waals surface area contributed by atoms with Gasteiger partial charge in [-0.15, -0.1) is 0 Å². The standard InChI is InChI=1S/C11H9F2N/c1-11(6-14)5-9(11)8-4-7(12)2-3-10(8)13/h2-4,9H,5H2,1H3. The first-order chi connectivity index (χ1) is 6.57.